The van der Waals surface area contributed by atoms with Crippen LogP contribution >= 0.6 is 12.4 Å². The third-order valence-electron chi connectivity index (χ3n) is 4.62. The van der Waals surface area contributed by atoms with Gasteiger partial charge in [-0.25, -0.2) is 0 Å². The first-order valence-corrected chi connectivity index (χ1v) is 8.81. The molecule has 1 N–H and O–H groups in total. The summed E-state index contributed by atoms with van der Waals surface area (Å²) in [6.07, 6.45) is 1.11. The van der Waals surface area contributed by atoms with Crippen molar-refractivity contribution in [2.24, 2.45) is 0 Å². The lowest BCUT2D eigenvalue weighted by atomic mass is 10.0. The number of Topliss-reactive ketones (excluding diaryl/α,β-unsaturated/α-hetero) is 2. The van der Waals surface area contributed by atoms with Gasteiger partial charge in [-0.1, -0.05) is 6.92 Å². The maximum atomic E-state index is 11.8. The standard InChI is InChI=1S/C21H24N2O2.ClH/c1-4-9-22-10-11-23-20-7-5-16(14(2)24)12-18(20)19-13-17(15(3)25)6-8-21(19)23;/h5-8,12-13,22H,4,9-11H2,1-3H3;1H. The highest BCUT2D eigenvalue weighted by Crippen LogP contribution is 2.31. The van der Waals surface area contributed by atoms with Crippen molar-refractivity contribution in [2.75, 3.05) is 13.1 Å². The van der Waals surface area contributed by atoms with Gasteiger partial charge in [-0.3, -0.25) is 9.59 Å². The molecule has 3 rings (SSSR count). The summed E-state index contributed by atoms with van der Waals surface area (Å²) >= 11 is 0. The van der Waals surface area contributed by atoms with Gasteiger partial charge in [0.2, 0.25) is 0 Å². The molecule has 5 heteroatoms. The number of nitrogens with one attached hydrogen (secondary N) is 1. The van der Waals surface area contributed by atoms with E-state index in [4.69, 9.17) is 0 Å². The van der Waals surface area contributed by atoms with Crippen LogP contribution in [0, 0.1) is 0 Å². The zero-order valence-electron chi connectivity index (χ0n) is 15.5. The number of carbonyl (C=O) groups excluding carboxylic acids is 2. The number of aromatic nitrogens is 1. The van der Waals surface area contributed by atoms with Gasteiger partial charge in [-0.15, -0.1) is 12.4 Å². The minimum Gasteiger partial charge on any atom is -0.339 e. The van der Waals surface area contributed by atoms with Crippen LogP contribution in [0.1, 0.15) is 47.9 Å². The summed E-state index contributed by atoms with van der Waals surface area (Å²) in [6, 6.07) is 11.7. The van der Waals surface area contributed by atoms with E-state index in [2.05, 4.69) is 16.8 Å². The van der Waals surface area contributed by atoms with E-state index in [-0.39, 0.29) is 24.0 Å². The molecule has 0 radical (unpaired) electrons. The maximum Gasteiger partial charge on any atom is 0.159 e. The van der Waals surface area contributed by atoms with Crippen LogP contribution in [0.15, 0.2) is 36.4 Å². The molecule has 1 heterocycles. The molecule has 0 saturated carbocycles. The Morgan fingerprint density at radius 2 is 1.38 bits per heavy atom. The van der Waals surface area contributed by atoms with Gasteiger partial charge in [-0.2, -0.15) is 0 Å². The minimum absolute atomic E-state index is 0. The summed E-state index contributed by atoms with van der Waals surface area (Å²) in [4.78, 5) is 23.6. The number of hydrogen-bond donors (Lipinski definition) is 1. The fourth-order valence-corrected chi connectivity index (χ4v) is 3.28. The van der Waals surface area contributed by atoms with E-state index in [0.717, 1.165) is 47.9 Å². The molecular weight excluding hydrogens is 348 g/mol. The summed E-state index contributed by atoms with van der Waals surface area (Å²) in [5.74, 6) is 0.102. The van der Waals surface area contributed by atoms with E-state index in [0.29, 0.717) is 11.1 Å². The average Bonchev–Trinajstić information content (AvgIpc) is 2.91. The van der Waals surface area contributed by atoms with E-state index >= 15 is 0 Å². The lowest BCUT2D eigenvalue weighted by molar-refractivity contribution is 0.100. The van der Waals surface area contributed by atoms with Crippen molar-refractivity contribution in [3.8, 4) is 0 Å². The molecule has 138 valence electrons. The Bertz CT molecular complexity index is 888. The number of carbonyl (C=O) groups is 2. The second-order valence-electron chi connectivity index (χ2n) is 6.48. The van der Waals surface area contributed by atoms with Gasteiger partial charge >= 0.3 is 0 Å². The first-order valence-electron chi connectivity index (χ1n) is 8.81. The molecule has 0 fully saturated rings. The number of rotatable bonds is 7. The van der Waals surface area contributed by atoms with E-state index in [1.54, 1.807) is 13.8 Å². The van der Waals surface area contributed by atoms with Crippen molar-refractivity contribution in [3.63, 3.8) is 0 Å². The van der Waals surface area contributed by atoms with E-state index in [1.165, 1.54) is 0 Å². The molecule has 0 saturated heterocycles. The normalized spacial score (nSPS) is 10.9. The Morgan fingerprint density at radius 1 is 0.885 bits per heavy atom. The smallest absolute Gasteiger partial charge is 0.159 e. The summed E-state index contributed by atoms with van der Waals surface area (Å²) in [5, 5.41) is 5.49. The number of nitrogens with zero attached hydrogens (tertiary/aromatic N) is 1. The van der Waals surface area contributed by atoms with E-state index in [9.17, 15) is 9.59 Å². The second kappa shape index (κ2) is 8.47. The summed E-state index contributed by atoms with van der Waals surface area (Å²) < 4.78 is 2.27. The molecule has 0 unspecified atom stereocenters. The zero-order chi connectivity index (χ0) is 18.0. The minimum atomic E-state index is 0. The Labute approximate surface area is 160 Å². The lowest BCUT2D eigenvalue weighted by Gasteiger charge is -2.09. The molecule has 4 nitrogen and oxygen atoms in total. The number of benzene rings is 2. The van der Waals surface area contributed by atoms with Crippen LogP contribution in [0.25, 0.3) is 21.8 Å². The van der Waals surface area contributed by atoms with Crippen molar-refractivity contribution in [3.05, 3.63) is 47.5 Å². The van der Waals surface area contributed by atoms with Crippen molar-refractivity contribution < 1.29 is 9.59 Å². The zero-order valence-corrected chi connectivity index (χ0v) is 16.3. The molecule has 0 aliphatic rings. The SMILES string of the molecule is CCCNCCn1c2ccc(C(C)=O)cc2c2cc(C(C)=O)ccc21.Cl. The van der Waals surface area contributed by atoms with Gasteiger partial charge in [0, 0.05) is 46.0 Å². The predicted octanol–water partition coefficient (Wildman–Crippen LogP) is 4.62. The number of fused-ring (bicyclic) bond motifs is 3. The van der Waals surface area contributed by atoms with Crippen molar-refractivity contribution in [2.45, 2.75) is 33.7 Å². The van der Waals surface area contributed by atoms with Crippen molar-refractivity contribution >= 4 is 45.8 Å². The Kier molecular flexibility index (Phi) is 6.57. The molecule has 0 spiro atoms. The molecule has 0 bridgehead atoms. The van der Waals surface area contributed by atoms with Crippen LogP contribution in [-0.2, 0) is 6.54 Å². The Hall–Kier alpha value is -2.17. The van der Waals surface area contributed by atoms with Gasteiger partial charge in [-0.05, 0) is 63.2 Å². The second-order valence-corrected chi connectivity index (χ2v) is 6.48. The maximum absolute atomic E-state index is 11.8. The lowest BCUT2D eigenvalue weighted by Crippen LogP contribution is -2.20. The first-order chi connectivity index (χ1) is 12.0. The predicted molar refractivity (Wildman–Crippen MR) is 110 cm³/mol. The van der Waals surface area contributed by atoms with E-state index in [1.807, 2.05) is 36.4 Å². The summed E-state index contributed by atoms with van der Waals surface area (Å²) in [6.45, 7) is 8.04. The highest BCUT2D eigenvalue weighted by molar-refractivity contribution is 6.12. The topological polar surface area (TPSA) is 51.1 Å². The van der Waals surface area contributed by atoms with Crippen LogP contribution in [0.4, 0.5) is 0 Å². The molecule has 26 heavy (non-hydrogen) atoms. The summed E-state index contributed by atoms with van der Waals surface area (Å²) in [7, 11) is 0. The summed E-state index contributed by atoms with van der Waals surface area (Å²) in [5.41, 5.74) is 3.59. The third-order valence-corrected chi connectivity index (χ3v) is 4.62. The Morgan fingerprint density at radius 3 is 1.81 bits per heavy atom. The fraction of sp³-hybridized carbons (Fsp3) is 0.333. The van der Waals surface area contributed by atoms with Gasteiger partial charge < -0.3 is 9.88 Å². The molecule has 0 atom stereocenters. The molecular formula is C21H25ClN2O2. The quantitative estimate of drug-likeness (QED) is 0.486. The van der Waals surface area contributed by atoms with Crippen LogP contribution in [-0.4, -0.2) is 29.2 Å². The highest BCUT2D eigenvalue weighted by atomic mass is 35.5. The highest BCUT2D eigenvalue weighted by Gasteiger charge is 2.13. The van der Waals surface area contributed by atoms with Crippen molar-refractivity contribution in [1.82, 2.24) is 9.88 Å². The third kappa shape index (κ3) is 3.81. The number of halogens is 1. The molecule has 0 amide bonds. The van der Waals surface area contributed by atoms with Crippen LogP contribution in [0.3, 0.4) is 0 Å². The number of hydrogen-bond acceptors (Lipinski definition) is 3. The van der Waals surface area contributed by atoms with Gasteiger partial charge in [0.05, 0.1) is 0 Å². The van der Waals surface area contributed by atoms with Gasteiger partial charge in [0.15, 0.2) is 11.6 Å². The first kappa shape index (κ1) is 20.1. The molecule has 0 aliphatic carbocycles. The van der Waals surface area contributed by atoms with Gasteiger partial charge in [0.1, 0.15) is 0 Å². The Balaban J connectivity index is 0.00000243. The molecule has 0 aliphatic heterocycles. The molecule has 2 aromatic carbocycles. The monoisotopic (exact) mass is 372 g/mol. The molecule has 3 aromatic rings. The fourth-order valence-electron chi connectivity index (χ4n) is 3.28. The molecule has 1 aromatic heterocycles. The van der Waals surface area contributed by atoms with Gasteiger partial charge in [0.25, 0.3) is 0 Å². The number of ketones is 2. The van der Waals surface area contributed by atoms with Crippen LogP contribution in [0.2, 0.25) is 0 Å². The largest absolute Gasteiger partial charge is 0.339 e. The van der Waals surface area contributed by atoms with Crippen LogP contribution in [0.5, 0.6) is 0 Å². The van der Waals surface area contributed by atoms with E-state index < -0.39 is 0 Å². The van der Waals surface area contributed by atoms with Crippen LogP contribution < -0.4 is 5.32 Å². The van der Waals surface area contributed by atoms with Crippen molar-refractivity contribution in [1.29, 1.82) is 0 Å². The average molecular weight is 373 g/mol.